The summed E-state index contributed by atoms with van der Waals surface area (Å²) in [5, 5.41) is 0. The normalized spacial score (nSPS) is 29.6. The average Bonchev–Trinajstić information content (AvgIpc) is 2.69. The number of hydrogen-bond donors (Lipinski definition) is 0. The minimum absolute atomic E-state index is 0.998. The van der Waals surface area contributed by atoms with Gasteiger partial charge in [-0.15, -0.1) is 0 Å². The van der Waals surface area contributed by atoms with Crippen LogP contribution in [0.25, 0.3) is 0 Å². The first kappa shape index (κ1) is 20.0. The van der Waals surface area contributed by atoms with Crippen LogP contribution in [0.5, 0.6) is 0 Å². The first-order chi connectivity index (χ1) is 12.8. The maximum absolute atomic E-state index is 2.38. The summed E-state index contributed by atoms with van der Waals surface area (Å²) in [6.45, 7) is 4.62. The molecule has 0 nitrogen and oxygen atoms in total. The molecule has 0 radical (unpaired) electrons. The Kier molecular flexibility index (Phi) is 8.08. The molecule has 0 aromatic heterocycles. The highest BCUT2D eigenvalue weighted by molar-refractivity contribution is 5.22. The van der Waals surface area contributed by atoms with Crippen molar-refractivity contribution in [1.29, 1.82) is 0 Å². The van der Waals surface area contributed by atoms with E-state index in [-0.39, 0.29) is 0 Å². The highest BCUT2D eigenvalue weighted by Crippen LogP contribution is 2.42. The van der Waals surface area contributed by atoms with E-state index in [2.05, 4.69) is 38.1 Å². The van der Waals surface area contributed by atoms with E-state index in [1.54, 1.807) is 18.4 Å². The molecule has 2 aliphatic carbocycles. The number of benzene rings is 1. The minimum Gasteiger partial charge on any atom is -0.0654 e. The summed E-state index contributed by atoms with van der Waals surface area (Å²) in [5.74, 6) is 4.21. The van der Waals surface area contributed by atoms with Gasteiger partial charge < -0.3 is 0 Å². The van der Waals surface area contributed by atoms with Crippen LogP contribution in [-0.2, 0) is 12.8 Å². The topological polar surface area (TPSA) is 0 Å². The van der Waals surface area contributed by atoms with Crippen LogP contribution in [-0.4, -0.2) is 0 Å². The predicted molar refractivity (Wildman–Crippen MR) is 115 cm³/mol. The molecule has 0 unspecified atom stereocenters. The molecule has 1 aromatic carbocycles. The van der Waals surface area contributed by atoms with Crippen molar-refractivity contribution in [2.24, 2.45) is 23.7 Å². The number of aryl methyl sites for hydroxylation is 2. The number of rotatable bonds is 8. The molecule has 2 fully saturated rings. The first-order valence-corrected chi connectivity index (χ1v) is 11.9. The van der Waals surface area contributed by atoms with E-state index in [1.165, 1.54) is 82.6 Å². The summed E-state index contributed by atoms with van der Waals surface area (Å²) in [4.78, 5) is 0. The predicted octanol–water partition coefficient (Wildman–Crippen LogP) is 7.98. The van der Waals surface area contributed by atoms with Gasteiger partial charge in [-0.25, -0.2) is 0 Å². The fraction of sp³-hybridized carbons (Fsp3) is 0.769. The summed E-state index contributed by atoms with van der Waals surface area (Å²) in [7, 11) is 0. The lowest BCUT2D eigenvalue weighted by Crippen LogP contribution is -2.26. The van der Waals surface area contributed by atoms with E-state index in [0.717, 1.165) is 23.7 Å². The van der Waals surface area contributed by atoms with Gasteiger partial charge in [0.2, 0.25) is 0 Å². The average molecular weight is 355 g/mol. The van der Waals surface area contributed by atoms with Gasteiger partial charge in [-0.1, -0.05) is 83.1 Å². The van der Waals surface area contributed by atoms with Crippen molar-refractivity contribution in [3.05, 3.63) is 35.4 Å². The lowest BCUT2D eigenvalue weighted by Gasteiger charge is -2.38. The second-order valence-corrected chi connectivity index (χ2v) is 9.46. The highest BCUT2D eigenvalue weighted by atomic mass is 14.4. The Balaban J connectivity index is 1.35. The molecule has 0 N–H and O–H groups in total. The molecule has 1 aromatic rings. The lowest BCUT2D eigenvalue weighted by atomic mass is 9.68. The van der Waals surface area contributed by atoms with Gasteiger partial charge in [0.05, 0.1) is 0 Å². The third kappa shape index (κ3) is 5.86. The lowest BCUT2D eigenvalue weighted by molar-refractivity contribution is 0.141. The molecule has 0 saturated heterocycles. The molecule has 0 heterocycles. The summed E-state index contributed by atoms with van der Waals surface area (Å²) in [5.41, 5.74) is 3.06. The SMILES string of the molecule is CCCc1ccc(CC[C@H]2CC[C@H](C3CCC(CCC)CC3)CC2)cc1. The Bertz CT molecular complexity index is 483. The van der Waals surface area contributed by atoms with Crippen molar-refractivity contribution in [2.45, 2.75) is 104 Å². The molecular weight excluding hydrogens is 312 g/mol. The van der Waals surface area contributed by atoms with Gasteiger partial charge in [0.15, 0.2) is 0 Å². The molecule has 0 amide bonds. The summed E-state index contributed by atoms with van der Waals surface area (Å²) >= 11 is 0. The van der Waals surface area contributed by atoms with Gasteiger partial charge in [0.1, 0.15) is 0 Å². The van der Waals surface area contributed by atoms with Crippen molar-refractivity contribution < 1.29 is 0 Å². The summed E-state index contributed by atoms with van der Waals surface area (Å²) in [6, 6.07) is 9.46. The Morgan fingerprint density at radius 3 is 1.50 bits per heavy atom. The van der Waals surface area contributed by atoms with Gasteiger partial charge in [-0.2, -0.15) is 0 Å². The van der Waals surface area contributed by atoms with E-state index in [4.69, 9.17) is 0 Å². The smallest absolute Gasteiger partial charge is 0.0276 e. The second kappa shape index (κ2) is 10.5. The molecule has 0 heteroatoms. The van der Waals surface area contributed by atoms with Crippen molar-refractivity contribution in [1.82, 2.24) is 0 Å². The van der Waals surface area contributed by atoms with Crippen molar-refractivity contribution in [3.8, 4) is 0 Å². The third-order valence-corrected chi connectivity index (χ3v) is 7.55. The van der Waals surface area contributed by atoms with Crippen LogP contribution in [0.15, 0.2) is 24.3 Å². The monoisotopic (exact) mass is 354 g/mol. The van der Waals surface area contributed by atoms with Gasteiger partial charge in [0.25, 0.3) is 0 Å². The van der Waals surface area contributed by atoms with Crippen LogP contribution in [0.3, 0.4) is 0 Å². The van der Waals surface area contributed by atoms with Gasteiger partial charge in [-0.3, -0.25) is 0 Å². The quantitative estimate of drug-likeness (QED) is 0.444. The van der Waals surface area contributed by atoms with Crippen molar-refractivity contribution in [3.63, 3.8) is 0 Å². The van der Waals surface area contributed by atoms with Crippen LogP contribution in [0.1, 0.15) is 102 Å². The largest absolute Gasteiger partial charge is 0.0654 e. The fourth-order valence-electron chi connectivity index (χ4n) is 5.84. The van der Waals surface area contributed by atoms with Crippen LogP contribution in [0, 0.1) is 23.7 Å². The van der Waals surface area contributed by atoms with Gasteiger partial charge >= 0.3 is 0 Å². The van der Waals surface area contributed by atoms with Gasteiger partial charge in [0, 0.05) is 0 Å². The first-order valence-electron chi connectivity index (χ1n) is 11.9. The standard InChI is InChI=1S/C26H42/c1-3-5-21-7-9-23(10-8-21)11-12-24-15-19-26(20-16-24)25-17-13-22(6-4-2)14-18-25/h7-10,22,24-26H,3-6,11-20H2,1-2H3/t22?,24-,25?,26-. The van der Waals surface area contributed by atoms with E-state index >= 15 is 0 Å². The minimum atomic E-state index is 0.998. The second-order valence-electron chi connectivity index (χ2n) is 9.46. The van der Waals surface area contributed by atoms with Crippen molar-refractivity contribution in [2.75, 3.05) is 0 Å². The van der Waals surface area contributed by atoms with E-state index in [0.29, 0.717) is 0 Å². The van der Waals surface area contributed by atoms with E-state index in [1.807, 2.05) is 0 Å². The Hall–Kier alpha value is -0.780. The molecule has 0 aliphatic heterocycles. The molecule has 0 spiro atoms. The summed E-state index contributed by atoms with van der Waals surface area (Å²) < 4.78 is 0. The zero-order chi connectivity index (χ0) is 18.2. The number of hydrogen-bond acceptors (Lipinski definition) is 0. The van der Waals surface area contributed by atoms with Crippen LogP contribution >= 0.6 is 0 Å². The summed E-state index contributed by atoms with van der Waals surface area (Å²) in [6.07, 6.45) is 20.3. The van der Waals surface area contributed by atoms with E-state index < -0.39 is 0 Å². The zero-order valence-corrected chi connectivity index (χ0v) is 17.5. The Morgan fingerprint density at radius 1 is 0.577 bits per heavy atom. The third-order valence-electron chi connectivity index (χ3n) is 7.55. The van der Waals surface area contributed by atoms with E-state index in [9.17, 15) is 0 Å². The van der Waals surface area contributed by atoms with Crippen molar-refractivity contribution >= 4 is 0 Å². The fourth-order valence-corrected chi connectivity index (χ4v) is 5.84. The molecule has 3 rings (SSSR count). The van der Waals surface area contributed by atoms with Gasteiger partial charge in [-0.05, 0) is 79.7 Å². The highest BCUT2D eigenvalue weighted by Gasteiger charge is 2.30. The maximum Gasteiger partial charge on any atom is -0.0276 e. The molecule has 146 valence electrons. The maximum atomic E-state index is 2.38. The molecule has 2 saturated carbocycles. The van der Waals surface area contributed by atoms with Crippen LogP contribution < -0.4 is 0 Å². The molecular formula is C26H42. The zero-order valence-electron chi connectivity index (χ0n) is 17.5. The molecule has 2 aliphatic rings. The molecule has 0 atom stereocenters. The van der Waals surface area contributed by atoms with Crippen LogP contribution in [0.4, 0.5) is 0 Å². The molecule has 0 bridgehead atoms. The van der Waals surface area contributed by atoms with Crippen LogP contribution in [0.2, 0.25) is 0 Å². The molecule has 26 heavy (non-hydrogen) atoms. The Morgan fingerprint density at radius 2 is 1.04 bits per heavy atom. The Labute approximate surface area is 163 Å².